The highest BCUT2D eigenvalue weighted by Crippen LogP contribution is 2.24. The minimum absolute atomic E-state index is 0.160. The Kier molecular flexibility index (Phi) is 5.28. The highest BCUT2D eigenvalue weighted by Gasteiger charge is 2.09. The van der Waals surface area contributed by atoms with Gasteiger partial charge in [-0.2, -0.15) is 0 Å². The Morgan fingerprint density at radius 2 is 2.04 bits per heavy atom. The number of nitrogens with one attached hydrogen (secondary N) is 1. The molecule has 0 aliphatic heterocycles. The largest absolute Gasteiger partial charge is 0.489 e. The maximum atomic E-state index is 13.2. The summed E-state index contributed by atoms with van der Waals surface area (Å²) in [5.41, 5.74) is 3.28. The van der Waals surface area contributed by atoms with E-state index in [1.807, 2.05) is 0 Å². The Morgan fingerprint density at radius 1 is 1.19 bits per heavy atom. The van der Waals surface area contributed by atoms with E-state index in [4.69, 9.17) is 15.0 Å². The van der Waals surface area contributed by atoms with Gasteiger partial charge in [0.05, 0.1) is 0 Å². The standard InChI is InChI=1S/C19H17FN2O4/c20-14-3-1-2-12(8-14)11-25-15-5-6-16-13(4-7-18(23)22-21)9-19(24)26-17(16)10-15/h1-3,5-6,8-10H,4,7,11,21H2,(H,22,23). The molecule has 0 radical (unpaired) electrons. The average Bonchev–Trinajstić information content (AvgIpc) is 2.63. The van der Waals surface area contributed by atoms with Crippen LogP contribution in [0.25, 0.3) is 11.0 Å². The van der Waals surface area contributed by atoms with Gasteiger partial charge in [0.1, 0.15) is 23.8 Å². The Hall–Kier alpha value is -3.19. The van der Waals surface area contributed by atoms with Crippen molar-refractivity contribution in [1.29, 1.82) is 0 Å². The van der Waals surface area contributed by atoms with Gasteiger partial charge in [0.25, 0.3) is 0 Å². The zero-order valence-corrected chi connectivity index (χ0v) is 13.8. The van der Waals surface area contributed by atoms with Gasteiger partial charge in [-0.15, -0.1) is 0 Å². The molecule has 0 unspecified atom stereocenters. The molecule has 3 aromatic rings. The molecule has 0 saturated heterocycles. The Balaban J connectivity index is 1.81. The van der Waals surface area contributed by atoms with E-state index >= 15 is 0 Å². The molecule has 0 aliphatic rings. The van der Waals surface area contributed by atoms with Crippen LogP contribution in [-0.2, 0) is 17.8 Å². The van der Waals surface area contributed by atoms with E-state index in [1.54, 1.807) is 30.3 Å². The summed E-state index contributed by atoms with van der Waals surface area (Å²) in [7, 11) is 0. The van der Waals surface area contributed by atoms with E-state index < -0.39 is 5.63 Å². The zero-order chi connectivity index (χ0) is 18.5. The van der Waals surface area contributed by atoms with Crippen LogP contribution in [-0.4, -0.2) is 5.91 Å². The molecular formula is C19H17FN2O4. The molecule has 3 N–H and O–H groups in total. The van der Waals surface area contributed by atoms with Crippen LogP contribution in [0.1, 0.15) is 17.5 Å². The van der Waals surface area contributed by atoms with E-state index in [2.05, 4.69) is 5.43 Å². The quantitative estimate of drug-likeness (QED) is 0.306. The smallest absolute Gasteiger partial charge is 0.336 e. The Morgan fingerprint density at radius 3 is 2.81 bits per heavy atom. The van der Waals surface area contributed by atoms with Crippen molar-refractivity contribution in [3.8, 4) is 5.75 Å². The SMILES string of the molecule is NNC(=O)CCc1cc(=O)oc2cc(OCc3cccc(F)c3)ccc12. The van der Waals surface area contributed by atoms with Crippen LogP contribution in [0.2, 0.25) is 0 Å². The lowest BCUT2D eigenvalue weighted by molar-refractivity contribution is -0.121. The third-order valence-corrected chi connectivity index (χ3v) is 3.88. The number of ether oxygens (including phenoxy) is 1. The molecule has 0 fully saturated rings. The maximum Gasteiger partial charge on any atom is 0.336 e. The molecule has 0 bridgehead atoms. The van der Waals surface area contributed by atoms with E-state index in [0.717, 1.165) is 0 Å². The molecule has 1 amide bonds. The van der Waals surface area contributed by atoms with Crippen molar-refractivity contribution in [3.63, 3.8) is 0 Å². The summed E-state index contributed by atoms with van der Waals surface area (Å²) in [6.45, 7) is 0.184. The van der Waals surface area contributed by atoms with Crippen molar-refractivity contribution in [2.45, 2.75) is 19.4 Å². The fraction of sp³-hybridized carbons (Fsp3) is 0.158. The molecule has 134 valence electrons. The van der Waals surface area contributed by atoms with Crippen molar-refractivity contribution < 1.29 is 18.3 Å². The van der Waals surface area contributed by atoms with Gasteiger partial charge in [-0.3, -0.25) is 10.2 Å². The molecule has 0 saturated carbocycles. The molecule has 1 heterocycles. The number of hydrogen-bond donors (Lipinski definition) is 2. The molecule has 2 aromatic carbocycles. The number of rotatable bonds is 6. The summed E-state index contributed by atoms with van der Waals surface area (Å²) in [6.07, 6.45) is 0.515. The second-order valence-corrected chi connectivity index (χ2v) is 5.73. The van der Waals surface area contributed by atoms with E-state index in [0.29, 0.717) is 34.3 Å². The lowest BCUT2D eigenvalue weighted by Gasteiger charge is -2.09. The molecule has 7 heteroatoms. The third-order valence-electron chi connectivity index (χ3n) is 3.88. The number of halogens is 1. The molecule has 0 aliphatic carbocycles. The lowest BCUT2D eigenvalue weighted by Crippen LogP contribution is -2.30. The number of hydrazine groups is 1. The predicted octanol–water partition coefficient (Wildman–Crippen LogP) is 2.43. The second kappa shape index (κ2) is 7.79. The predicted molar refractivity (Wildman–Crippen MR) is 93.9 cm³/mol. The van der Waals surface area contributed by atoms with Crippen LogP contribution in [0.5, 0.6) is 5.75 Å². The molecule has 6 nitrogen and oxygen atoms in total. The minimum atomic E-state index is -0.511. The summed E-state index contributed by atoms with van der Waals surface area (Å²) in [4.78, 5) is 23.1. The second-order valence-electron chi connectivity index (χ2n) is 5.73. The van der Waals surface area contributed by atoms with Crippen molar-refractivity contribution in [3.05, 3.63) is 75.9 Å². The van der Waals surface area contributed by atoms with Crippen molar-refractivity contribution in [2.24, 2.45) is 5.84 Å². The van der Waals surface area contributed by atoms with Crippen LogP contribution < -0.4 is 21.6 Å². The van der Waals surface area contributed by atoms with Gasteiger partial charge in [0.2, 0.25) is 5.91 Å². The summed E-state index contributed by atoms with van der Waals surface area (Å²) < 4.78 is 24.1. The topological polar surface area (TPSA) is 94.6 Å². The van der Waals surface area contributed by atoms with Gasteiger partial charge < -0.3 is 9.15 Å². The van der Waals surface area contributed by atoms with Crippen molar-refractivity contribution in [2.75, 3.05) is 0 Å². The first-order valence-corrected chi connectivity index (χ1v) is 7.98. The van der Waals surface area contributed by atoms with Crippen molar-refractivity contribution in [1.82, 2.24) is 5.43 Å². The zero-order valence-electron chi connectivity index (χ0n) is 13.8. The fourth-order valence-electron chi connectivity index (χ4n) is 2.62. The Labute approximate surface area is 148 Å². The molecular weight excluding hydrogens is 339 g/mol. The lowest BCUT2D eigenvalue weighted by atomic mass is 10.1. The molecule has 1 aromatic heterocycles. The minimum Gasteiger partial charge on any atom is -0.489 e. The summed E-state index contributed by atoms with van der Waals surface area (Å²) >= 11 is 0. The highest BCUT2D eigenvalue weighted by atomic mass is 19.1. The van der Waals surface area contributed by atoms with Gasteiger partial charge in [-0.25, -0.2) is 15.0 Å². The van der Waals surface area contributed by atoms with E-state index in [1.165, 1.54) is 18.2 Å². The number of fused-ring (bicyclic) bond motifs is 1. The van der Waals surface area contributed by atoms with Gasteiger partial charge in [-0.1, -0.05) is 12.1 Å². The first-order chi connectivity index (χ1) is 12.5. The average molecular weight is 356 g/mol. The number of benzene rings is 2. The first kappa shape index (κ1) is 17.6. The molecule has 3 rings (SSSR count). The van der Waals surface area contributed by atoms with Crippen LogP contribution in [0.15, 0.2) is 57.7 Å². The fourth-order valence-corrected chi connectivity index (χ4v) is 2.62. The normalized spacial score (nSPS) is 10.7. The maximum absolute atomic E-state index is 13.2. The van der Waals surface area contributed by atoms with Gasteiger partial charge >= 0.3 is 5.63 Å². The first-order valence-electron chi connectivity index (χ1n) is 7.98. The molecule has 0 spiro atoms. The van der Waals surface area contributed by atoms with E-state index in [-0.39, 0.29) is 24.8 Å². The summed E-state index contributed by atoms with van der Waals surface area (Å²) in [5, 5.41) is 0.715. The number of aryl methyl sites for hydroxylation is 1. The van der Waals surface area contributed by atoms with Crippen LogP contribution in [0.3, 0.4) is 0 Å². The number of amides is 1. The van der Waals surface area contributed by atoms with Crippen LogP contribution in [0.4, 0.5) is 4.39 Å². The van der Waals surface area contributed by atoms with Crippen molar-refractivity contribution >= 4 is 16.9 Å². The van der Waals surface area contributed by atoms with Gasteiger partial charge in [0, 0.05) is 23.9 Å². The van der Waals surface area contributed by atoms with Gasteiger partial charge in [-0.05, 0) is 41.8 Å². The van der Waals surface area contributed by atoms with E-state index in [9.17, 15) is 14.0 Å². The summed E-state index contributed by atoms with van der Waals surface area (Å²) in [5.74, 6) is 4.91. The number of carbonyl (C=O) groups is 1. The third kappa shape index (κ3) is 4.25. The number of carbonyl (C=O) groups excluding carboxylic acids is 1. The van der Waals surface area contributed by atoms with Crippen LogP contribution >= 0.6 is 0 Å². The Bertz CT molecular complexity index is 1000. The molecule has 0 atom stereocenters. The summed E-state index contributed by atoms with van der Waals surface area (Å²) in [6, 6.07) is 12.6. The highest BCUT2D eigenvalue weighted by molar-refractivity contribution is 5.82. The number of nitrogens with two attached hydrogens (primary N) is 1. The van der Waals surface area contributed by atoms with Crippen LogP contribution in [0, 0.1) is 5.82 Å². The van der Waals surface area contributed by atoms with Gasteiger partial charge in [0.15, 0.2) is 0 Å². The monoisotopic (exact) mass is 356 g/mol. The molecule has 26 heavy (non-hydrogen) atoms. The number of hydrogen-bond acceptors (Lipinski definition) is 5.